The van der Waals surface area contributed by atoms with Crippen LogP contribution >= 0.6 is 0 Å². The Morgan fingerprint density at radius 2 is 2.12 bits per heavy atom. The fourth-order valence-electron chi connectivity index (χ4n) is 3.94. The first-order valence-corrected chi connectivity index (χ1v) is 10.5. The van der Waals surface area contributed by atoms with Crippen LogP contribution in [-0.4, -0.2) is 58.8 Å². The summed E-state index contributed by atoms with van der Waals surface area (Å²) in [6.45, 7) is 5.22. The van der Waals surface area contributed by atoms with E-state index in [0.717, 1.165) is 0 Å². The molecule has 1 unspecified atom stereocenters. The molecular formula is C22H25N5O6. The Morgan fingerprint density at radius 1 is 1.36 bits per heavy atom. The van der Waals surface area contributed by atoms with Crippen LogP contribution in [0.4, 0.5) is 17.5 Å². The lowest BCUT2D eigenvalue weighted by atomic mass is 10.2. The summed E-state index contributed by atoms with van der Waals surface area (Å²) < 4.78 is 11.4. The van der Waals surface area contributed by atoms with Gasteiger partial charge in [-0.25, -0.2) is 4.79 Å². The highest BCUT2D eigenvalue weighted by Crippen LogP contribution is 2.39. The van der Waals surface area contributed by atoms with Crippen LogP contribution in [0.2, 0.25) is 0 Å². The number of carbonyl (C=O) groups is 2. The summed E-state index contributed by atoms with van der Waals surface area (Å²) in [5, 5.41) is 13.4. The number of hydrogen-bond donors (Lipinski definition) is 3. The number of ether oxygens (including phenoxy) is 2. The molecule has 2 aliphatic rings. The minimum absolute atomic E-state index is 0.0322. The van der Waals surface area contributed by atoms with Gasteiger partial charge in [-0.2, -0.15) is 4.98 Å². The molecule has 1 aromatic carbocycles. The van der Waals surface area contributed by atoms with E-state index in [4.69, 9.17) is 9.47 Å². The van der Waals surface area contributed by atoms with Gasteiger partial charge in [0.1, 0.15) is 12.8 Å². The molecule has 11 nitrogen and oxygen atoms in total. The minimum atomic E-state index is -1.23. The molecule has 33 heavy (non-hydrogen) atoms. The molecule has 3 N–H and O–H groups in total. The number of benzene rings is 1. The van der Waals surface area contributed by atoms with E-state index in [2.05, 4.69) is 21.9 Å². The van der Waals surface area contributed by atoms with E-state index in [1.165, 1.54) is 16.7 Å². The highest BCUT2D eigenvalue weighted by atomic mass is 16.6. The SMILES string of the molecule is C=CCN1c2c(nc(NC(C)=O)[nH]c2=O)N([C@H]2CC[C@@H](COC(=O)c3ccccc3)O2)C1O. The molecule has 3 atom stereocenters. The zero-order valence-electron chi connectivity index (χ0n) is 18.1. The monoisotopic (exact) mass is 455 g/mol. The molecule has 0 radical (unpaired) electrons. The molecule has 4 rings (SSSR count). The Kier molecular flexibility index (Phi) is 6.43. The van der Waals surface area contributed by atoms with Gasteiger partial charge < -0.3 is 19.5 Å². The third kappa shape index (κ3) is 4.59. The summed E-state index contributed by atoms with van der Waals surface area (Å²) in [5.74, 6) is -0.693. The van der Waals surface area contributed by atoms with E-state index < -0.39 is 30.0 Å². The quantitative estimate of drug-likeness (QED) is 0.415. The number of aliphatic hydroxyl groups is 1. The van der Waals surface area contributed by atoms with Crippen LogP contribution in [-0.2, 0) is 14.3 Å². The van der Waals surface area contributed by atoms with Crippen LogP contribution in [0.25, 0.3) is 0 Å². The van der Waals surface area contributed by atoms with Gasteiger partial charge in [-0.05, 0) is 25.0 Å². The van der Waals surface area contributed by atoms with Crippen LogP contribution in [0.5, 0.6) is 0 Å². The zero-order valence-corrected chi connectivity index (χ0v) is 18.1. The highest BCUT2D eigenvalue weighted by molar-refractivity contribution is 5.89. The lowest BCUT2D eigenvalue weighted by Crippen LogP contribution is -2.49. The van der Waals surface area contributed by atoms with Gasteiger partial charge in [-0.3, -0.25) is 24.8 Å². The maximum Gasteiger partial charge on any atom is 0.338 e. The van der Waals surface area contributed by atoms with Crippen molar-refractivity contribution in [2.75, 3.05) is 28.3 Å². The maximum absolute atomic E-state index is 12.7. The van der Waals surface area contributed by atoms with Crippen molar-refractivity contribution in [2.45, 2.75) is 38.4 Å². The van der Waals surface area contributed by atoms with Crippen molar-refractivity contribution in [1.29, 1.82) is 0 Å². The molecule has 1 fully saturated rings. The Labute approximate surface area is 189 Å². The standard InChI is InChI=1S/C22H25N5O6/c1-3-11-26-17-18(24-21(23-13(2)28)25-19(17)29)27(22(26)31)16-10-9-15(33-16)12-32-20(30)14-7-5-4-6-8-14/h3-8,15-16,22,31H,1,9-12H2,2H3,(H2,23,24,25,28,29)/t15-,16+,22?/m0/s1. The molecule has 3 heterocycles. The number of nitrogens with one attached hydrogen (secondary N) is 2. The number of fused-ring (bicyclic) bond motifs is 1. The molecule has 0 aliphatic carbocycles. The molecule has 0 saturated carbocycles. The lowest BCUT2D eigenvalue weighted by Gasteiger charge is -2.31. The fraction of sp³-hybridized carbons (Fsp3) is 0.364. The van der Waals surface area contributed by atoms with Crippen LogP contribution in [0.15, 0.2) is 47.8 Å². The van der Waals surface area contributed by atoms with Crippen molar-refractivity contribution in [2.24, 2.45) is 0 Å². The Bertz CT molecular complexity index is 1100. The molecule has 0 spiro atoms. The number of esters is 1. The van der Waals surface area contributed by atoms with Crippen molar-refractivity contribution < 1.29 is 24.2 Å². The molecule has 2 aromatic rings. The van der Waals surface area contributed by atoms with Crippen LogP contribution in [0.3, 0.4) is 0 Å². The number of hydrogen-bond acceptors (Lipinski definition) is 9. The number of aromatic amines is 1. The molecule has 1 amide bonds. The summed E-state index contributed by atoms with van der Waals surface area (Å²) >= 11 is 0. The van der Waals surface area contributed by atoms with Crippen molar-refractivity contribution >= 4 is 29.3 Å². The smallest absolute Gasteiger partial charge is 0.338 e. The first-order chi connectivity index (χ1) is 15.9. The summed E-state index contributed by atoms with van der Waals surface area (Å²) in [6, 6.07) is 8.66. The van der Waals surface area contributed by atoms with E-state index in [1.807, 2.05) is 6.07 Å². The maximum atomic E-state index is 12.7. The second-order valence-electron chi connectivity index (χ2n) is 7.72. The average Bonchev–Trinajstić information content (AvgIpc) is 3.35. The van der Waals surface area contributed by atoms with Gasteiger partial charge in [0.15, 0.2) is 11.5 Å². The number of amides is 1. The largest absolute Gasteiger partial charge is 0.459 e. The zero-order chi connectivity index (χ0) is 23.5. The Morgan fingerprint density at radius 3 is 2.82 bits per heavy atom. The van der Waals surface area contributed by atoms with Gasteiger partial charge in [0.05, 0.1) is 11.7 Å². The van der Waals surface area contributed by atoms with Crippen LogP contribution in [0, 0.1) is 0 Å². The Hall–Kier alpha value is -3.70. The van der Waals surface area contributed by atoms with Crippen molar-refractivity contribution in [1.82, 2.24) is 9.97 Å². The lowest BCUT2D eigenvalue weighted by molar-refractivity contribution is -0.114. The average molecular weight is 455 g/mol. The summed E-state index contributed by atoms with van der Waals surface area (Å²) in [5.41, 5.74) is 0.0856. The molecular weight excluding hydrogens is 430 g/mol. The van der Waals surface area contributed by atoms with Crippen molar-refractivity contribution in [3.63, 3.8) is 0 Å². The summed E-state index contributed by atoms with van der Waals surface area (Å²) in [7, 11) is 0. The first-order valence-electron chi connectivity index (χ1n) is 10.5. The third-order valence-electron chi connectivity index (χ3n) is 5.36. The number of aliphatic hydroxyl groups excluding tert-OH is 1. The van der Waals surface area contributed by atoms with E-state index in [-0.39, 0.29) is 36.7 Å². The number of H-pyrrole nitrogens is 1. The van der Waals surface area contributed by atoms with E-state index in [1.54, 1.807) is 30.3 Å². The van der Waals surface area contributed by atoms with Gasteiger partial charge in [0.25, 0.3) is 5.56 Å². The molecule has 1 saturated heterocycles. The number of rotatable bonds is 7. The van der Waals surface area contributed by atoms with Crippen LogP contribution < -0.4 is 20.7 Å². The van der Waals surface area contributed by atoms with Gasteiger partial charge >= 0.3 is 5.97 Å². The molecule has 11 heteroatoms. The minimum Gasteiger partial charge on any atom is -0.459 e. The van der Waals surface area contributed by atoms with Crippen molar-refractivity contribution in [3.8, 4) is 0 Å². The van der Waals surface area contributed by atoms with Gasteiger partial charge in [-0.15, -0.1) is 6.58 Å². The number of aromatic nitrogens is 2. The predicted octanol–water partition coefficient (Wildman–Crippen LogP) is 1.18. The first kappa shape index (κ1) is 22.5. The third-order valence-corrected chi connectivity index (χ3v) is 5.36. The normalized spacial score (nSPS) is 21.6. The molecule has 0 bridgehead atoms. The summed E-state index contributed by atoms with van der Waals surface area (Å²) in [4.78, 5) is 46.1. The number of anilines is 3. The van der Waals surface area contributed by atoms with Gasteiger partial charge in [0.2, 0.25) is 18.2 Å². The molecule has 2 aliphatic heterocycles. The number of carbonyl (C=O) groups excluding carboxylic acids is 2. The van der Waals surface area contributed by atoms with Crippen LogP contribution in [0.1, 0.15) is 30.1 Å². The van der Waals surface area contributed by atoms with E-state index >= 15 is 0 Å². The van der Waals surface area contributed by atoms with Gasteiger partial charge in [-0.1, -0.05) is 24.3 Å². The topological polar surface area (TPSA) is 137 Å². The molecule has 1 aromatic heterocycles. The number of nitrogens with zero attached hydrogens (tertiary/aromatic N) is 3. The van der Waals surface area contributed by atoms with E-state index in [0.29, 0.717) is 18.4 Å². The fourth-order valence-corrected chi connectivity index (χ4v) is 3.94. The molecule has 174 valence electrons. The highest BCUT2D eigenvalue weighted by Gasteiger charge is 2.44. The summed E-state index contributed by atoms with van der Waals surface area (Å²) in [6.07, 6.45) is 0.413. The second kappa shape index (κ2) is 9.43. The van der Waals surface area contributed by atoms with Crippen molar-refractivity contribution in [3.05, 3.63) is 58.9 Å². The second-order valence-corrected chi connectivity index (χ2v) is 7.72. The van der Waals surface area contributed by atoms with Gasteiger partial charge in [0, 0.05) is 13.5 Å². The Balaban J connectivity index is 1.51. The predicted molar refractivity (Wildman–Crippen MR) is 120 cm³/mol. The van der Waals surface area contributed by atoms with E-state index in [9.17, 15) is 19.5 Å².